The summed E-state index contributed by atoms with van der Waals surface area (Å²) in [5.41, 5.74) is 1.73. The van der Waals surface area contributed by atoms with Gasteiger partial charge in [0.25, 0.3) is 11.8 Å². The molecule has 1 aromatic heterocycles. The van der Waals surface area contributed by atoms with Gasteiger partial charge in [-0.05, 0) is 25.0 Å². The van der Waals surface area contributed by atoms with Crippen LogP contribution in [-0.2, 0) is 6.54 Å². The Bertz CT molecular complexity index is 799. The average Bonchev–Trinajstić information content (AvgIpc) is 3.01. The number of hydrogen-bond donors (Lipinski definition) is 1. The van der Waals surface area contributed by atoms with Crippen LogP contribution in [0.4, 0.5) is 0 Å². The van der Waals surface area contributed by atoms with Gasteiger partial charge in [0.1, 0.15) is 5.75 Å². The number of pyridine rings is 1. The summed E-state index contributed by atoms with van der Waals surface area (Å²) in [5, 5.41) is 2.86. The quantitative estimate of drug-likeness (QED) is 0.882. The van der Waals surface area contributed by atoms with Crippen LogP contribution in [0.15, 0.2) is 42.7 Å². The Balaban J connectivity index is 1.67. The Morgan fingerprint density at radius 1 is 1.07 bits per heavy atom. The molecular formula is C21H25N3O3. The van der Waals surface area contributed by atoms with Gasteiger partial charge in [-0.3, -0.25) is 14.6 Å². The van der Waals surface area contributed by atoms with Crippen LogP contribution < -0.4 is 10.1 Å². The maximum Gasteiger partial charge on any atom is 0.255 e. The maximum atomic E-state index is 12.7. The summed E-state index contributed by atoms with van der Waals surface area (Å²) < 4.78 is 5.30. The molecule has 27 heavy (non-hydrogen) atoms. The monoisotopic (exact) mass is 367 g/mol. The molecule has 3 rings (SSSR count). The number of para-hydroxylation sites is 1. The number of carbonyl (C=O) groups excluding carboxylic acids is 2. The van der Waals surface area contributed by atoms with Gasteiger partial charge >= 0.3 is 0 Å². The van der Waals surface area contributed by atoms with Crippen molar-refractivity contribution in [2.75, 3.05) is 20.2 Å². The molecule has 0 atom stereocenters. The van der Waals surface area contributed by atoms with Gasteiger partial charge in [0.2, 0.25) is 0 Å². The summed E-state index contributed by atoms with van der Waals surface area (Å²) in [7, 11) is 1.60. The van der Waals surface area contributed by atoms with Crippen LogP contribution >= 0.6 is 0 Å². The Hall–Kier alpha value is -2.89. The second-order valence-electron chi connectivity index (χ2n) is 6.66. The molecule has 2 heterocycles. The van der Waals surface area contributed by atoms with Crippen molar-refractivity contribution in [1.29, 1.82) is 0 Å². The number of hydrogen-bond acceptors (Lipinski definition) is 4. The zero-order valence-corrected chi connectivity index (χ0v) is 15.6. The zero-order valence-electron chi connectivity index (χ0n) is 15.6. The van der Waals surface area contributed by atoms with E-state index < -0.39 is 0 Å². The number of carbonyl (C=O) groups is 2. The van der Waals surface area contributed by atoms with Crippen LogP contribution in [0.5, 0.6) is 5.75 Å². The van der Waals surface area contributed by atoms with Gasteiger partial charge in [-0.1, -0.05) is 31.0 Å². The second kappa shape index (κ2) is 9.16. The maximum absolute atomic E-state index is 12.7. The third kappa shape index (κ3) is 4.84. The Morgan fingerprint density at radius 3 is 2.52 bits per heavy atom. The van der Waals surface area contributed by atoms with Gasteiger partial charge in [0.15, 0.2) is 0 Å². The summed E-state index contributed by atoms with van der Waals surface area (Å²) in [6.07, 6.45) is 7.39. The molecule has 1 aliphatic heterocycles. The first-order valence-electron chi connectivity index (χ1n) is 9.33. The normalized spacial score (nSPS) is 14.3. The lowest BCUT2D eigenvalue weighted by molar-refractivity contribution is 0.0761. The molecule has 142 valence electrons. The van der Waals surface area contributed by atoms with E-state index in [1.165, 1.54) is 12.4 Å². The summed E-state index contributed by atoms with van der Waals surface area (Å²) in [4.78, 5) is 31.2. The number of ether oxygens (including phenoxy) is 1. The summed E-state index contributed by atoms with van der Waals surface area (Å²) >= 11 is 0. The lowest BCUT2D eigenvalue weighted by Crippen LogP contribution is -2.32. The second-order valence-corrected chi connectivity index (χ2v) is 6.66. The number of nitrogens with zero attached hydrogens (tertiary/aromatic N) is 2. The van der Waals surface area contributed by atoms with E-state index in [-0.39, 0.29) is 11.8 Å². The SMILES string of the molecule is COc1ccccc1CNC(=O)c1cncc(C(=O)N2CCCCCC2)c1. The molecule has 1 aromatic carbocycles. The summed E-state index contributed by atoms with van der Waals surface area (Å²) in [5.74, 6) is 0.406. The highest BCUT2D eigenvalue weighted by molar-refractivity contribution is 5.99. The highest BCUT2D eigenvalue weighted by Crippen LogP contribution is 2.17. The first-order valence-corrected chi connectivity index (χ1v) is 9.33. The smallest absolute Gasteiger partial charge is 0.255 e. The van der Waals surface area contributed by atoms with Crippen molar-refractivity contribution in [2.45, 2.75) is 32.2 Å². The van der Waals surface area contributed by atoms with Crippen molar-refractivity contribution in [2.24, 2.45) is 0 Å². The van der Waals surface area contributed by atoms with Gasteiger partial charge in [-0.15, -0.1) is 0 Å². The fraction of sp³-hybridized carbons (Fsp3) is 0.381. The van der Waals surface area contributed by atoms with Crippen LogP contribution in [0.3, 0.4) is 0 Å². The fourth-order valence-electron chi connectivity index (χ4n) is 3.26. The number of aromatic nitrogens is 1. The van der Waals surface area contributed by atoms with Gasteiger partial charge in [0.05, 0.1) is 18.2 Å². The number of rotatable bonds is 5. The molecule has 1 fully saturated rings. The Morgan fingerprint density at radius 2 is 1.78 bits per heavy atom. The minimum absolute atomic E-state index is 0.0521. The topological polar surface area (TPSA) is 71.5 Å². The molecule has 0 bridgehead atoms. The van der Waals surface area contributed by atoms with Crippen molar-refractivity contribution in [1.82, 2.24) is 15.2 Å². The van der Waals surface area contributed by atoms with E-state index in [1.807, 2.05) is 29.2 Å². The van der Waals surface area contributed by atoms with E-state index in [0.29, 0.717) is 17.7 Å². The van der Waals surface area contributed by atoms with Gasteiger partial charge in [-0.2, -0.15) is 0 Å². The van der Waals surface area contributed by atoms with Crippen molar-refractivity contribution in [3.63, 3.8) is 0 Å². The molecule has 6 nitrogen and oxygen atoms in total. The lowest BCUT2D eigenvalue weighted by Gasteiger charge is -2.20. The summed E-state index contributed by atoms with van der Waals surface area (Å²) in [6, 6.07) is 9.15. The van der Waals surface area contributed by atoms with Crippen LogP contribution in [0.1, 0.15) is 52.0 Å². The third-order valence-corrected chi connectivity index (χ3v) is 4.77. The lowest BCUT2D eigenvalue weighted by atomic mass is 10.1. The average molecular weight is 367 g/mol. The molecule has 0 aliphatic carbocycles. The largest absolute Gasteiger partial charge is 0.496 e. The fourth-order valence-corrected chi connectivity index (χ4v) is 3.26. The molecule has 2 amide bonds. The van der Waals surface area contributed by atoms with E-state index in [0.717, 1.165) is 50.1 Å². The molecule has 0 radical (unpaired) electrons. The van der Waals surface area contributed by atoms with E-state index in [1.54, 1.807) is 13.2 Å². The highest BCUT2D eigenvalue weighted by atomic mass is 16.5. The van der Waals surface area contributed by atoms with E-state index >= 15 is 0 Å². The van der Waals surface area contributed by atoms with Gasteiger partial charge in [0, 0.05) is 37.6 Å². The molecule has 1 aliphatic rings. The molecule has 0 spiro atoms. The molecule has 1 N–H and O–H groups in total. The number of nitrogens with one attached hydrogen (secondary N) is 1. The first-order chi connectivity index (χ1) is 13.2. The summed E-state index contributed by atoms with van der Waals surface area (Å²) in [6.45, 7) is 1.87. The molecule has 2 aromatic rings. The van der Waals surface area contributed by atoms with Crippen molar-refractivity contribution in [3.05, 3.63) is 59.4 Å². The van der Waals surface area contributed by atoms with Crippen LogP contribution in [0.25, 0.3) is 0 Å². The van der Waals surface area contributed by atoms with Crippen LogP contribution in [0, 0.1) is 0 Å². The van der Waals surface area contributed by atoms with Crippen molar-refractivity contribution < 1.29 is 14.3 Å². The zero-order chi connectivity index (χ0) is 19.1. The number of benzene rings is 1. The molecule has 6 heteroatoms. The van der Waals surface area contributed by atoms with E-state index in [4.69, 9.17) is 4.74 Å². The molecule has 1 saturated heterocycles. The predicted octanol–water partition coefficient (Wildman–Crippen LogP) is 3.04. The number of amides is 2. The van der Waals surface area contributed by atoms with E-state index in [2.05, 4.69) is 10.3 Å². The van der Waals surface area contributed by atoms with Crippen molar-refractivity contribution in [3.8, 4) is 5.75 Å². The van der Waals surface area contributed by atoms with Crippen LogP contribution in [-0.4, -0.2) is 41.9 Å². The standard InChI is InChI=1S/C21H25N3O3/c1-27-19-9-5-4-8-16(19)15-23-20(25)17-12-18(14-22-13-17)21(26)24-10-6-2-3-7-11-24/h4-5,8-9,12-14H,2-3,6-7,10-11,15H2,1H3,(H,23,25). The van der Waals surface area contributed by atoms with Crippen LogP contribution in [0.2, 0.25) is 0 Å². The molecule has 0 unspecified atom stereocenters. The Labute approximate surface area is 159 Å². The van der Waals surface area contributed by atoms with E-state index in [9.17, 15) is 9.59 Å². The highest BCUT2D eigenvalue weighted by Gasteiger charge is 2.19. The van der Waals surface area contributed by atoms with Crippen molar-refractivity contribution >= 4 is 11.8 Å². The molecule has 0 saturated carbocycles. The Kier molecular flexibility index (Phi) is 6.41. The minimum atomic E-state index is -0.265. The number of likely N-dealkylation sites (tertiary alicyclic amines) is 1. The first kappa shape index (κ1) is 18.9. The molecular weight excluding hydrogens is 342 g/mol. The predicted molar refractivity (Wildman–Crippen MR) is 103 cm³/mol. The minimum Gasteiger partial charge on any atom is -0.496 e. The number of methoxy groups -OCH3 is 1. The van der Waals surface area contributed by atoms with Gasteiger partial charge in [-0.25, -0.2) is 0 Å². The van der Waals surface area contributed by atoms with Gasteiger partial charge < -0.3 is 15.0 Å². The third-order valence-electron chi connectivity index (χ3n) is 4.77.